The summed E-state index contributed by atoms with van der Waals surface area (Å²) in [4.78, 5) is 12.1. The van der Waals surface area contributed by atoms with Crippen molar-refractivity contribution in [3.63, 3.8) is 0 Å². The summed E-state index contributed by atoms with van der Waals surface area (Å²) in [6, 6.07) is 16.3. The molecule has 2 rings (SSSR count). The Bertz CT molecular complexity index is 601. The van der Waals surface area contributed by atoms with Gasteiger partial charge in [0, 0.05) is 11.1 Å². The molecule has 0 saturated heterocycles. The van der Waals surface area contributed by atoms with Crippen molar-refractivity contribution in [3.8, 4) is 0 Å². The molecule has 110 valence electrons. The van der Waals surface area contributed by atoms with Crippen LogP contribution < -0.4 is 11.1 Å². The van der Waals surface area contributed by atoms with Gasteiger partial charge in [-0.25, -0.2) is 0 Å². The molecule has 3 N–H and O–H groups in total. The van der Waals surface area contributed by atoms with Crippen LogP contribution in [0.2, 0.25) is 5.02 Å². The number of nitrogens with two attached hydrogens (primary N) is 1. The van der Waals surface area contributed by atoms with Crippen molar-refractivity contribution in [3.05, 3.63) is 70.7 Å². The molecule has 0 fully saturated rings. The Morgan fingerprint density at radius 3 is 2.57 bits per heavy atom. The van der Waals surface area contributed by atoms with Gasteiger partial charge in [0.25, 0.3) is 0 Å². The summed E-state index contributed by atoms with van der Waals surface area (Å²) in [5.41, 5.74) is 7.87. The zero-order valence-electron chi connectivity index (χ0n) is 11.9. The van der Waals surface area contributed by atoms with E-state index in [1.165, 1.54) is 0 Å². The predicted molar refractivity (Wildman–Crippen MR) is 86.1 cm³/mol. The van der Waals surface area contributed by atoms with Crippen LogP contribution in [0.5, 0.6) is 0 Å². The average molecular weight is 303 g/mol. The summed E-state index contributed by atoms with van der Waals surface area (Å²) in [6.07, 6.45) is 0.716. The molecule has 0 saturated carbocycles. The Morgan fingerprint density at radius 1 is 1.19 bits per heavy atom. The fourth-order valence-corrected chi connectivity index (χ4v) is 2.43. The Kier molecular flexibility index (Phi) is 5.37. The lowest BCUT2D eigenvalue weighted by molar-refractivity contribution is -0.123. The second kappa shape index (κ2) is 7.25. The molecule has 2 atom stereocenters. The van der Waals surface area contributed by atoms with Gasteiger partial charge in [-0.05, 0) is 36.6 Å². The number of carbonyl (C=O) groups is 1. The molecule has 0 radical (unpaired) electrons. The van der Waals surface area contributed by atoms with Gasteiger partial charge in [-0.15, -0.1) is 0 Å². The summed E-state index contributed by atoms with van der Waals surface area (Å²) in [5, 5.41) is 3.64. The van der Waals surface area contributed by atoms with Gasteiger partial charge in [-0.3, -0.25) is 4.79 Å². The highest BCUT2D eigenvalue weighted by Gasteiger charge is 2.17. The van der Waals surface area contributed by atoms with E-state index in [0.29, 0.717) is 11.4 Å². The fourth-order valence-electron chi connectivity index (χ4n) is 2.21. The maximum Gasteiger partial charge on any atom is 0.241 e. The molecule has 0 bridgehead atoms. The molecule has 0 aliphatic rings. The number of amides is 1. The van der Waals surface area contributed by atoms with Crippen LogP contribution in [0.15, 0.2) is 54.6 Å². The Hall–Kier alpha value is -1.84. The summed E-state index contributed by atoms with van der Waals surface area (Å²) >= 11 is 5.96. The molecule has 0 aliphatic carbocycles. The zero-order valence-corrected chi connectivity index (χ0v) is 12.7. The molecule has 0 heterocycles. The molecule has 3 nitrogen and oxygen atoms in total. The highest BCUT2D eigenvalue weighted by molar-refractivity contribution is 6.30. The molecule has 4 heteroatoms. The molecule has 0 aromatic heterocycles. The van der Waals surface area contributed by atoms with E-state index in [1.54, 1.807) is 0 Å². The zero-order chi connectivity index (χ0) is 15.2. The number of nitrogens with one attached hydrogen (secondary N) is 1. The summed E-state index contributed by atoms with van der Waals surface area (Å²) in [5.74, 6) is -0.171. The average Bonchev–Trinajstić information content (AvgIpc) is 2.47. The molecule has 2 aromatic carbocycles. The molecule has 1 unspecified atom stereocenters. The van der Waals surface area contributed by atoms with Crippen molar-refractivity contribution in [2.24, 2.45) is 5.73 Å². The van der Waals surface area contributed by atoms with Gasteiger partial charge in [0.05, 0.1) is 0 Å². The van der Waals surface area contributed by atoms with E-state index in [0.717, 1.165) is 11.1 Å². The van der Waals surface area contributed by atoms with Crippen molar-refractivity contribution in [1.29, 1.82) is 0 Å². The van der Waals surface area contributed by atoms with Crippen molar-refractivity contribution in [1.82, 2.24) is 5.32 Å². The fraction of sp³-hybridized carbons (Fsp3) is 0.235. The van der Waals surface area contributed by atoms with Gasteiger partial charge in [-0.2, -0.15) is 0 Å². The predicted octanol–water partition coefficient (Wildman–Crippen LogP) is 3.09. The van der Waals surface area contributed by atoms with Crippen LogP contribution in [0.3, 0.4) is 0 Å². The van der Waals surface area contributed by atoms with E-state index in [4.69, 9.17) is 17.3 Å². The molecule has 0 spiro atoms. The Balaban J connectivity index is 1.93. The molecular weight excluding hydrogens is 284 g/mol. The maximum atomic E-state index is 12.1. The van der Waals surface area contributed by atoms with E-state index in [2.05, 4.69) is 5.32 Å². The third-order valence-corrected chi connectivity index (χ3v) is 3.50. The Labute approximate surface area is 130 Å². The normalized spacial score (nSPS) is 13.5. The van der Waals surface area contributed by atoms with Gasteiger partial charge < -0.3 is 11.1 Å². The van der Waals surface area contributed by atoms with Crippen molar-refractivity contribution in [2.75, 3.05) is 0 Å². The molecule has 1 amide bonds. The number of benzene rings is 2. The number of rotatable bonds is 5. The van der Waals surface area contributed by atoms with Gasteiger partial charge in [0.1, 0.15) is 6.04 Å². The highest BCUT2D eigenvalue weighted by Crippen LogP contribution is 2.13. The van der Waals surface area contributed by atoms with Crippen LogP contribution in [-0.2, 0) is 11.2 Å². The van der Waals surface area contributed by atoms with Gasteiger partial charge >= 0.3 is 0 Å². The lowest BCUT2D eigenvalue weighted by atomic mass is 10.0. The second-order valence-electron chi connectivity index (χ2n) is 5.13. The third kappa shape index (κ3) is 4.59. The van der Waals surface area contributed by atoms with Crippen LogP contribution in [0, 0.1) is 0 Å². The first-order valence-electron chi connectivity index (χ1n) is 6.91. The molecule has 21 heavy (non-hydrogen) atoms. The van der Waals surface area contributed by atoms with Gasteiger partial charge in [-0.1, -0.05) is 54.1 Å². The molecule has 2 aromatic rings. The van der Waals surface area contributed by atoms with Crippen molar-refractivity contribution >= 4 is 17.5 Å². The minimum Gasteiger partial charge on any atom is -0.352 e. The first kappa shape index (κ1) is 15.5. The van der Waals surface area contributed by atoms with Crippen molar-refractivity contribution < 1.29 is 4.79 Å². The summed E-state index contributed by atoms with van der Waals surface area (Å²) in [7, 11) is 0. The van der Waals surface area contributed by atoms with E-state index in [-0.39, 0.29) is 11.9 Å². The third-order valence-electron chi connectivity index (χ3n) is 3.26. The lowest BCUT2D eigenvalue weighted by Gasteiger charge is -2.18. The van der Waals surface area contributed by atoms with Crippen LogP contribution in [0.4, 0.5) is 0 Å². The SMILES string of the molecule is CC(Cc1cccc(Cl)c1)NC(=O)[C@@H](N)c1ccccc1. The number of hydrogen-bond donors (Lipinski definition) is 2. The standard InChI is InChI=1S/C17H19ClN2O/c1-12(10-13-6-5-9-15(18)11-13)20-17(21)16(19)14-7-3-2-4-8-14/h2-9,11-12,16H,10,19H2,1H3,(H,20,21)/t12?,16-/m0/s1. The molecular formula is C17H19ClN2O. The lowest BCUT2D eigenvalue weighted by Crippen LogP contribution is -2.40. The smallest absolute Gasteiger partial charge is 0.241 e. The minimum absolute atomic E-state index is 0.00858. The first-order valence-corrected chi connectivity index (χ1v) is 7.29. The van der Waals surface area contributed by atoms with Crippen LogP contribution in [0.1, 0.15) is 24.1 Å². The second-order valence-corrected chi connectivity index (χ2v) is 5.57. The van der Waals surface area contributed by atoms with Crippen LogP contribution in [0.25, 0.3) is 0 Å². The summed E-state index contributed by atoms with van der Waals surface area (Å²) < 4.78 is 0. The van der Waals surface area contributed by atoms with E-state index in [1.807, 2.05) is 61.5 Å². The summed E-state index contributed by atoms with van der Waals surface area (Å²) in [6.45, 7) is 1.95. The quantitative estimate of drug-likeness (QED) is 0.892. The van der Waals surface area contributed by atoms with Crippen molar-refractivity contribution in [2.45, 2.75) is 25.4 Å². The topological polar surface area (TPSA) is 55.1 Å². The van der Waals surface area contributed by atoms with E-state index >= 15 is 0 Å². The van der Waals surface area contributed by atoms with Gasteiger partial charge in [0.15, 0.2) is 0 Å². The van der Waals surface area contributed by atoms with E-state index in [9.17, 15) is 4.79 Å². The van der Waals surface area contributed by atoms with Gasteiger partial charge in [0.2, 0.25) is 5.91 Å². The molecule has 0 aliphatic heterocycles. The van der Waals surface area contributed by atoms with Crippen LogP contribution in [-0.4, -0.2) is 11.9 Å². The van der Waals surface area contributed by atoms with Crippen LogP contribution >= 0.6 is 11.6 Å². The number of halogens is 1. The highest BCUT2D eigenvalue weighted by atomic mass is 35.5. The Morgan fingerprint density at radius 2 is 1.90 bits per heavy atom. The number of hydrogen-bond acceptors (Lipinski definition) is 2. The monoisotopic (exact) mass is 302 g/mol. The van der Waals surface area contributed by atoms with E-state index < -0.39 is 6.04 Å². The first-order chi connectivity index (χ1) is 10.1. The number of carbonyl (C=O) groups excluding carboxylic acids is 1. The maximum absolute atomic E-state index is 12.1. The largest absolute Gasteiger partial charge is 0.352 e. The minimum atomic E-state index is -0.645.